The first-order valence-corrected chi connectivity index (χ1v) is 9.06. The van der Waals surface area contributed by atoms with Crippen LogP contribution < -0.4 is 10.5 Å². The second-order valence-electron chi connectivity index (χ2n) is 6.13. The second kappa shape index (κ2) is 6.81. The third-order valence-electron chi connectivity index (χ3n) is 4.11. The molecule has 27 heavy (non-hydrogen) atoms. The van der Waals surface area contributed by atoms with E-state index in [2.05, 4.69) is 21.5 Å². The Morgan fingerprint density at radius 1 is 1.33 bits per heavy atom. The lowest BCUT2D eigenvalue weighted by molar-refractivity contribution is 0.456. The molecule has 0 unspecified atom stereocenters. The molecule has 0 amide bonds. The van der Waals surface area contributed by atoms with E-state index in [4.69, 9.17) is 4.74 Å². The van der Waals surface area contributed by atoms with Crippen molar-refractivity contribution in [2.75, 3.05) is 25.5 Å². The Balaban J connectivity index is 1.95. The van der Waals surface area contributed by atoms with Crippen LogP contribution in [0.15, 0.2) is 58.9 Å². The fourth-order valence-electron chi connectivity index (χ4n) is 2.87. The second-order valence-corrected chi connectivity index (χ2v) is 7.13. The average Bonchev–Trinajstić information content (AvgIpc) is 3.07. The van der Waals surface area contributed by atoms with Crippen molar-refractivity contribution < 1.29 is 4.74 Å². The molecular weight excluding hydrogens is 362 g/mol. The first-order valence-electron chi connectivity index (χ1n) is 8.25. The summed E-state index contributed by atoms with van der Waals surface area (Å²) in [5, 5.41) is 0.895. The molecule has 3 aromatic heterocycles. The molecular formula is C19H17N5O2S. The van der Waals surface area contributed by atoms with Gasteiger partial charge in [-0.1, -0.05) is 12.7 Å². The van der Waals surface area contributed by atoms with Crippen LogP contribution in [0.4, 0.5) is 5.69 Å². The van der Waals surface area contributed by atoms with E-state index in [-0.39, 0.29) is 5.56 Å². The lowest BCUT2D eigenvalue weighted by Crippen LogP contribution is -2.18. The number of fused-ring (bicyclic) bond motifs is 3. The van der Waals surface area contributed by atoms with E-state index in [9.17, 15) is 4.79 Å². The highest BCUT2D eigenvalue weighted by molar-refractivity contribution is 7.25. The normalized spacial score (nSPS) is 17.7. The highest BCUT2D eigenvalue weighted by Crippen LogP contribution is 2.35. The van der Waals surface area contributed by atoms with Crippen LogP contribution in [0, 0.1) is 0 Å². The van der Waals surface area contributed by atoms with Gasteiger partial charge in [-0.25, -0.2) is 9.97 Å². The molecule has 136 valence electrons. The van der Waals surface area contributed by atoms with E-state index in [1.807, 2.05) is 37.2 Å². The van der Waals surface area contributed by atoms with Gasteiger partial charge in [0.2, 0.25) is 0 Å². The van der Waals surface area contributed by atoms with Gasteiger partial charge >= 0.3 is 0 Å². The van der Waals surface area contributed by atoms with Crippen molar-refractivity contribution in [3.05, 3.63) is 59.5 Å². The standard InChI is InChI=1S/C19H17N5O2S/c1-12-9-13(5-4-7-20-11-26-12)24-10-22-16-15-14(23(2)3)6-8-21-18(15)27-17(16)19(24)25/h4-6,8-11H,1,7H2,2-3H3/b5-4-,13-9+,20-11?. The first kappa shape index (κ1) is 17.2. The molecule has 4 rings (SSSR count). The molecule has 0 saturated heterocycles. The number of rotatable bonds is 2. The molecule has 0 aliphatic carbocycles. The zero-order valence-electron chi connectivity index (χ0n) is 14.9. The third-order valence-corrected chi connectivity index (χ3v) is 5.18. The fourth-order valence-corrected chi connectivity index (χ4v) is 3.92. The van der Waals surface area contributed by atoms with Gasteiger partial charge in [-0.2, -0.15) is 0 Å². The van der Waals surface area contributed by atoms with Gasteiger partial charge in [0, 0.05) is 26.4 Å². The van der Waals surface area contributed by atoms with Crippen molar-refractivity contribution in [2.24, 2.45) is 4.99 Å². The van der Waals surface area contributed by atoms with E-state index in [1.165, 1.54) is 28.6 Å². The topological polar surface area (TPSA) is 72.6 Å². The zero-order valence-corrected chi connectivity index (χ0v) is 15.7. The van der Waals surface area contributed by atoms with Crippen molar-refractivity contribution in [1.82, 2.24) is 14.5 Å². The number of aliphatic imine (C=N–C) groups is 1. The Hall–Kier alpha value is -3.26. The Labute approximate surface area is 159 Å². The maximum atomic E-state index is 13.2. The molecule has 3 aromatic rings. The molecule has 1 aliphatic rings. The van der Waals surface area contributed by atoms with E-state index in [1.54, 1.807) is 12.3 Å². The lowest BCUT2D eigenvalue weighted by atomic mass is 10.2. The number of aromatic nitrogens is 3. The summed E-state index contributed by atoms with van der Waals surface area (Å²) in [5.74, 6) is 0.389. The molecule has 0 saturated carbocycles. The van der Waals surface area contributed by atoms with Gasteiger partial charge in [0.1, 0.15) is 21.6 Å². The number of thiophene rings is 1. The molecule has 0 atom stereocenters. The van der Waals surface area contributed by atoms with E-state index in [0.29, 0.717) is 28.2 Å². The van der Waals surface area contributed by atoms with Gasteiger partial charge < -0.3 is 9.64 Å². The monoisotopic (exact) mass is 379 g/mol. The van der Waals surface area contributed by atoms with Gasteiger partial charge in [0.05, 0.1) is 28.8 Å². The number of ether oxygens (including phenoxy) is 1. The summed E-state index contributed by atoms with van der Waals surface area (Å²) in [5.41, 5.74) is 2.11. The predicted octanol–water partition coefficient (Wildman–Crippen LogP) is 3.04. The van der Waals surface area contributed by atoms with Crippen molar-refractivity contribution >= 4 is 49.6 Å². The molecule has 4 heterocycles. The highest BCUT2D eigenvalue weighted by atomic mass is 32.1. The number of hydrogen-bond donors (Lipinski definition) is 0. The van der Waals surface area contributed by atoms with Crippen LogP contribution in [-0.2, 0) is 4.74 Å². The largest absolute Gasteiger partial charge is 0.447 e. The molecule has 8 heteroatoms. The van der Waals surface area contributed by atoms with Crippen LogP contribution in [0.25, 0.3) is 26.1 Å². The van der Waals surface area contributed by atoms with Crippen LogP contribution in [0.5, 0.6) is 0 Å². The van der Waals surface area contributed by atoms with Crippen LogP contribution in [0.3, 0.4) is 0 Å². The Bertz CT molecular complexity index is 1200. The summed E-state index contributed by atoms with van der Waals surface area (Å²) < 4.78 is 7.33. The average molecular weight is 379 g/mol. The molecule has 1 aliphatic heterocycles. The SMILES string of the molecule is C=C1/C=C(n2cnc3c(sc4nccc(N(C)C)c43)c2=O)\C=C/CN=CO1. The number of pyridine rings is 1. The summed E-state index contributed by atoms with van der Waals surface area (Å²) in [6.45, 7) is 4.27. The maximum Gasteiger partial charge on any atom is 0.275 e. The maximum absolute atomic E-state index is 13.2. The fraction of sp³-hybridized carbons (Fsp3) is 0.158. The van der Waals surface area contributed by atoms with Gasteiger partial charge in [-0.05, 0) is 12.1 Å². The summed E-state index contributed by atoms with van der Waals surface area (Å²) in [4.78, 5) is 29.0. The van der Waals surface area contributed by atoms with E-state index >= 15 is 0 Å². The van der Waals surface area contributed by atoms with Crippen molar-refractivity contribution in [1.29, 1.82) is 0 Å². The summed E-state index contributed by atoms with van der Waals surface area (Å²) in [6.07, 6.45) is 9.96. The molecule has 0 aromatic carbocycles. The molecule has 0 spiro atoms. The van der Waals surface area contributed by atoms with Crippen molar-refractivity contribution in [3.63, 3.8) is 0 Å². The minimum Gasteiger partial charge on any atom is -0.447 e. The van der Waals surface area contributed by atoms with Gasteiger partial charge in [0.25, 0.3) is 5.56 Å². The molecule has 0 N–H and O–H groups in total. The van der Waals surface area contributed by atoms with Crippen LogP contribution in [-0.4, -0.2) is 41.6 Å². The summed E-state index contributed by atoms with van der Waals surface area (Å²) in [7, 11) is 3.92. The number of nitrogens with zero attached hydrogens (tertiary/aromatic N) is 5. The van der Waals surface area contributed by atoms with Crippen molar-refractivity contribution in [3.8, 4) is 0 Å². The Kier molecular flexibility index (Phi) is 4.33. The Morgan fingerprint density at radius 3 is 3.00 bits per heavy atom. The van der Waals surface area contributed by atoms with Gasteiger partial charge in [0.15, 0.2) is 6.40 Å². The lowest BCUT2D eigenvalue weighted by Gasteiger charge is -2.13. The number of allylic oxidation sites excluding steroid dienone is 3. The minimum absolute atomic E-state index is 0.156. The Morgan fingerprint density at radius 2 is 2.19 bits per heavy atom. The molecule has 0 fully saturated rings. The summed E-state index contributed by atoms with van der Waals surface area (Å²) >= 11 is 1.35. The summed E-state index contributed by atoms with van der Waals surface area (Å²) in [6, 6.07) is 1.92. The molecule has 0 radical (unpaired) electrons. The quantitative estimate of drug-likeness (QED) is 0.684. The number of hydrogen-bond acceptors (Lipinski definition) is 7. The third kappa shape index (κ3) is 3.04. The minimum atomic E-state index is -0.156. The van der Waals surface area contributed by atoms with E-state index < -0.39 is 0 Å². The highest BCUT2D eigenvalue weighted by Gasteiger charge is 2.17. The van der Waals surface area contributed by atoms with E-state index in [0.717, 1.165) is 15.9 Å². The first-order chi connectivity index (χ1) is 13.1. The van der Waals surface area contributed by atoms with Crippen LogP contribution in [0.1, 0.15) is 0 Å². The van der Waals surface area contributed by atoms with Crippen LogP contribution in [0.2, 0.25) is 0 Å². The van der Waals surface area contributed by atoms with Gasteiger partial charge in [-0.3, -0.25) is 14.4 Å². The zero-order chi connectivity index (χ0) is 19.0. The van der Waals surface area contributed by atoms with Crippen LogP contribution >= 0.6 is 11.3 Å². The molecule has 0 bridgehead atoms. The smallest absolute Gasteiger partial charge is 0.275 e. The molecule has 7 nitrogen and oxygen atoms in total. The number of anilines is 1. The predicted molar refractivity (Wildman–Crippen MR) is 111 cm³/mol. The van der Waals surface area contributed by atoms with Gasteiger partial charge in [-0.15, -0.1) is 11.3 Å². The van der Waals surface area contributed by atoms with Crippen molar-refractivity contribution in [2.45, 2.75) is 0 Å².